The van der Waals surface area contributed by atoms with Gasteiger partial charge in [-0.3, -0.25) is 14.2 Å². The molecule has 1 fully saturated rings. The molecule has 2 unspecified atom stereocenters. The third-order valence-corrected chi connectivity index (χ3v) is 6.97. The molecular weight excluding hydrogens is 382 g/mol. The molecule has 0 bridgehead atoms. The first-order valence-corrected chi connectivity index (χ1v) is 11.2. The Morgan fingerprint density at radius 2 is 2.00 bits per heavy atom. The SMILES string of the molecule is Cc1sc2ncn(CCC(=O)NC3CCCCC3C)c(=O)c2c1-c1ccccc1. The molecule has 6 heteroatoms. The smallest absolute Gasteiger partial charge is 0.262 e. The number of benzene rings is 1. The number of hydrogen-bond acceptors (Lipinski definition) is 4. The first kappa shape index (κ1) is 19.8. The van der Waals surface area contributed by atoms with Crippen molar-refractivity contribution in [2.45, 2.75) is 58.5 Å². The number of aromatic nitrogens is 2. The Bertz CT molecular complexity index is 1070. The average molecular weight is 410 g/mol. The lowest BCUT2D eigenvalue weighted by atomic mass is 9.86. The Kier molecular flexibility index (Phi) is 5.81. The van der Waals surface area contributed by atoms with E-state index in [2.05, 4.69) is 17.2 Å². The maximum absolute atomic E-state index is 13.2. The minimum atomic E-state index is -0.0722. The van der Waals surface area contributed by atoms with Crippen LogP contribution in [-0.4, -0.2) is 21.5 Å². The third-order valence-electron chi connectivity index (χ3n) is 5.95. The molecule has 2 aromatic heterocycles. The predicted octanol–water partition coefficient (Wildman–Crippen LogP) is 4.52. The molecule has 29 heavy (non-hydrogen) atoms. The second-order valence-electron chi connectivity index (χ2n) is 8.01. The van der Waals surface area contributed by atoms with Crippen LogP contribution in [0.25, 0.3) is 21.3 Å². The van der Waals surface area contributed by atoms with Crippen molar-refractivity contribution < 1.29 is 4.79 Å². The first-order chi connectivity index (χ1) is 14.0. The van der Waals surface area contributed by atoms with Gasteiger partial charge in [-0.05, 0) is 31.2 Å². The van der Waals surface area contributed by atoms with Crippen molar-refractivity contribution in [3.63, 3.8) is 0 Å². The average Bonchev–Trinajstić information content (AvgIpc) is 3.06. The maximum Gasteiger partial charge on any atom is 0.262 e. The van der Waals surface area contributed by atoms with Crippen LogP contribution in [0.2, 0.25) is 0 Å². The fraction of sp³-hybridized carbons (Fsp3) is 0.435. The summed E-state index contributed by atoms with van der Waals surface area (Å²) >= 11 is 1.54. The van der Waals surface area contributed by atoms with Gasteiger partial charge in [0, 0.05) is 29.4 Å². The molecule has 1 amide bonds. The van der Waals surface area contributed by atoms with E-state index in [1.807, 2.05) is 37.3 Å². The summed E-state index contributed by atoms with van der Waals surface area (Å²) in [5, 5.41) is 3.82. The summed E-state index contributed by atoms with van der Waals surface area (Å²) in [4.78, 5) is 32.0. The lowest BCUT2D eigenvalue weighted by molar-refractivity contribution is -0.122. The summed E-state index contributed by atoms with van der Waals surface area (Å²) in [7, 11) is 0. The highest BCUT2D eigenvalue weighted by Gasteiger charge is 2.23. The Labute approximate surface area is 174 Å². The summed E-state index contributed by atoms with van der Waals surface area (Å²) in [6.07, 6.45) is 6.51. The van der Waals surface area contributed by atoms with Crippen LogP contribution in [0.1, 0.15) is 43.9 Å². The molecule has 4 rings (SSSR count). The summed E-state index contributed by atoms with van der Waals surface area (Å²) in [5.74, 6) is 0.538. The van der Waals surface area contributed by atoms with Gasteiger partial charge in [0.15, 0.2) is 0 Å². The van der Waals surface area contributed by atoms with E-state index in [9.17, 15) is 9.59 Å². The highest BCUT2D eigenvalue weighted by atomic mass is 32.1. The number of aryl methyl sites for hydroxylation is 2. The predicted molar refractivity (Wildman–Crippen MR) is 118 cm³/mol. The number of nitrogens with one attached hydrogen (secondary N) is 1. The van der Waals surface area contributed by atoms with E-state index < -0.39 is 0 Å². The van der Waals surface area contributed by atoms with Crippen LogP contribution in [0.4, 0.5) is 0 Å². The zero-order chi connectivity index (χ0) is 20.4. The number of hydrogen-bond donors (Lipinski definition) is 1. The van der Waals surface area contributed by atoms with E-state index in [4.69, 9.17) is 0 Å². The molecule has 152 valence electrons. The quantitative estimate of drug-likeness (QED) is 0.674. The largest absolute Gasteiger partial charge is 0.353 e. The molecule has 0 radical (unpaired) electrons. The number of rotatable bonds is 5. The molecule has 1 saturated carbocycles. The fourth-order valence-corrected chi connectivity index (χ4v) is 5.28. The van der Waals surface area contributed by atoms with E-state index >= 15 is 0 Å². The highest BCUT2D eigenvalue weighted by molar-refractivity contribution is 7.19. The fourth-order valence-electron chi connectivity index (χ4n) is 4.28. The van der Waals surface area contributed by atoms with Crippen LogP contribution in [0.5, 0.6) is 0 Å². The van der Waals surface area contributed by atoms with Crippen LogP contribution in [0.3, 0.4) is 0 Å². The van der Waals surface area contributed by atoms with E-state index in [-0.39, 0.29) is 17.5 Å². The van der Waals surface area contributed by atoms with Crippen molar-refractivity contribution >= 4 is 27.5 Å². The number of amides is 1. The lowest BCUT2D eigenvalue weighted by Crippen LogP contribution is -2.41. The summed E-state index contributed by atoms with van der Waals surface area (Å²) in [5.41, 5.74) is 1.91. The van der Waals surface area contributed by atoms with Gasteiger partial charge in [-0.2, -0.15) is 0 Å². The van der Waals surface area contributed by atoms with E-state index in [0.29, 0.717) is 24.3 Å². The Balaban J connectivity index is 1.55. The van der Waals surface area contributed by atoms with Crippen molar-refractivity contribution in [1.82, 2.24) is 14.9 Å². The minimum Gasteiger partial charge on any atom is -0.353 e. The first-order valence-electron chi connectivity index (χ1n) is 10.4. The standard InChI is InChI=1S/C23H27N3O2S/c1-15-8-6-7-11-18(15)25-19(27)12-13-26-14-24-22-21(23(26)28)20(16(2)29-22)17-9-4-3-5-10-17/h3-5,9-10,14-15,18H,6-8,11-13H2,1-2H3,(H,25,27). The molecule has 0 aliphatic heterocycles. The molecule has 0 spiro atoms. The van der Waals surface area contributed by atoms with Crippen LogP contribution in [0, 0.1) is 12.8 Å². The van der Waals surface area contributed by atoms with Crippen LogP contribution in [0.15, 0.2) is 41.5 Å². The Morgan fingerprint density at radius 1 is 1.24 bits per heavy atom. The van der Waals surface area contributed by atoms with Crippen molar-refractivity contribution in [3.8, 4) is 11.1 Å². The zero-order valence-corrected chi connectivity index (χ0v) is 17.8. The van der Waals surface area contributed by atoms with Crippen molar-refractivity contribution in [2.75, 3.05) is 0 Å². The molecule has 1 aromatic carbocycles. The molecule has 1 aliphatic rings. The molecule has 2 atom stereocenters. The van der Waals surface area contributed by atoms with Gasteiger partial charge < -0.3 is 5.32 Å². The molecule has 1 N–H and O–H groups in total. The van der Waals surface area contributed by atoms with Crippen LogP contribution >= 0.6 is 11.3 Å². The van der Waals surface area contributed by atoms with E-state index in [0.717, 1.165) is 27.3 Å². The third kappa shape index (κ3) is 4.13. The van der Waals surface area contributed by atoms with Crippen LogP contribution in [-0.2, 0) is 11.3 Å². The molecular formula is C23H27N3O2S. The van der Waals surface area contributed by atoms with Gasteiger partial charge in [-0.15, -0.1) is 11.3 Å². The number of thiophene rings is 1. The second-order valence-corrected chi connectivity index (χ2v) is 9.21. The van der Waals surface area contributed by atoms with Gasteiger partial charge in [-0.25, -0.2) is 4.98 Å². The van der Waals surface area contributed by atoms with Gasteiger partial charge in [-0.1, -0.05) is 50.1 Å². The van der Waals surface area contributed by atoms with Crippen molar-refractivity contribution in [2.24, 2.45) is 5.92 Å². The summed E-state index contributed by atoms with van der Waals surface area (Å²) < 4.78 is 1.57. The Morgan fingerprint density at radius 3 is 2.76 bits per heavy atom. The van der Waals surface area contributed by atoms with E-state index in [1.54, 1.807) is 22.2 Å². The topological polar surface area (TPSA) is 64.0 Å². The van der Waals surface area contributed by atoms with Crippen molar-refractivity contribution in [3.05, 3.63) is 51.9 Å². The normalized spacial score (nSPS) is 19.4. The van der Waals surface area contributed by atoms with Gasteiger partial charge in [0.1, 0.15) is 4.83 Å². The molecule has 1 aliphatic carbocycles. The minimum absolute atomic E-state index is 0.0144. The van der Waals surface area contributed by atoms with Gasteiger partial charge in [0.2, 0.25) is 5.91 Å². The van der Waals surface area contributed by atoms with Crippen molar-refractivity contribution in [1.29, 1.82) is 0 Å². The number of carbonyl (C=O) groups is 1. The summed E-state index contributed by atoms with van der Waals surface area (Å²) in [6, 6.07) is 10.2. The van der Waals surface area contributed by atoms with Gasteiger partial charge in [0.05, 0.1) is 11.7 Å². The van der Waals surface area contributed by atoms with Gasteiger partial charge in [0.25, 0.3) is 5.56 Å². The zero-order valence-electron chi connectivity index (χ0n) is 17.0. The second kappa shape index (κ2) is 8.49. The van der Waals surface area contributed by atoms with E-state index in [1.165, 1.54) is 19.3 Å². The van der Waals surface area contributed by atoms with Crippen LogP contribution < -0.4 is 10.9 Å². The van der Waals surface area contributed by atoms with Gasteiger partial charge >= 0.3 is 0 Å². The lowest BCUT2D eigenvalue weighted by Gasteiger charge is -2.29. The molecule has 2 heterocycles. The molecule has 5 nitrogen and oxygen atoms in total. The highest BCUT2D eigenvalue weighted by Crippen LogP contribution is 2.35. The maximum atomic E-state index is 13.2. The summed E-state index contributed by atoms with van der Waals surface area (Å²) in [6.45, 7) is 4.57. The monoisotopic (exact) mass is 409 g/mol. The number of fused-ring (bicyclic) bond motifs is 1. The number of nitrogens with zero attached hydrogens (tertiary/aromatic N) is 2. The number of carbonyl (C=O) groups excluding carboxylic acids is 1. The Hall–Kier alpha value is -2.47. The molecule has 0 saturated heterocycles. The molecule has 3 aromatic rings.